The van der Waals surface area contributed by atoms with Crippen molar-refractivity contribution >= 4 is 11.6 Å². The first kappa shape index (κ1) is 16.6. The molecule has 4 nitrogen and oxygen atoms in total. The molecule has 0 saturated carbocycles. The molecule has 1 aromatic heterocycles. The minimum atomic E-state index is -4.69. The second kappa shape index (κ2) is 5.98. The maximum absolute atomic E-state index is 12.8. The highest BCUT2D eigenvalue weighted by Gasteiger charge is 2.34. The molecule has 25 heavy (non-hydrogen) atoms. The number of allylic oxidation sites excluding steroid dienone is 2. The summed E-state index contributed by atoms with van der Waals surface area (Å²) in [6.07, 6.45) is -3.66. The molecule has 3 rings (SSSR count). The molecule has 0 N–H and O–H groups in total. The number of rotatable bonds is 2. The van der Waals surface area contributed by atoms with Gasteiger partial charge in [-0.2, -0.15) is 18.4 Å². The van der Waals surface area contributed by atoms with E-state index in [2.05, 4.69) is 4.98 Å². The van der Waals surface area contributed by atoms with Crippen molar-refractivity contribution in [2.45, 2.75) is 12.6 Å². The molecule has 1 heterocycles. The van der Waals surface area contributed by atoms with Crippen molar-refractivity contribution in [1.29, 1.82) is 5.26 Å². The maximum Gasteiger partial charge on any atom is 0.419 e. The van der Waals surface area contributed by atoms with Crippen molar-refractivity contribution in [3.63, 3.8) is 0 Å². The Kier molecular flexibility index (Phi) is 3.97. The predicted molar refractivity (Wildman–Crippen MR) is 80.8 cm³/mol. The number of aromatic nitrogens is 1. The number of alkyl halides is 3. The van der Waals surface area contributed by atoms with Crippen molar-refractivity contribution in [3.05, 3.63) is 76.1 Å². The Morgan fingerprint density at radius 1 is 1.04 bits per heavy atom. The van der Waals surface area contributed by atoms with Crippen LogP contribution in [0.5, 0.6) is 0 Å². The fourth-order valence-corrected chi connectivity index (χ4v) is 2.61. The molecule has 1 aromatic carbocycles. The van der Waals surface area contributed by atoms with Crippen molar-refractivity contribution in [1.82, 2.24) is 4.98 Å². The van der Waals surface area contributed by atoms with Crippen molar-refractivity contribution in [2.24, 2.45) is 0 Å². The average Bonchev–Trinajstić information content (AvgIpc) is 2.58. The highest BCUT2D eigenvalue weighted by Crippen LogP contribution is 2.31. The lowest BCUT2D eigenvalue weighted by Gasteiger charge is -2.15. The second-order valence-corrected chi connectivity index (χ2v) is 5.39. The number of pyridine rings is 1. The fraction of sp³-hybridized carbons (Fsp3) is 0.111. The summed E-state index contributed by atoms with van der Waals surface area (Å²) in [6, 6.07) is 9.58. The first-order valence-corrected chi connectivity index (χ1v) is 7.17. The SMILES string of the molecule is N#Cc1nc(CC2=CC(=O)c3ccccc3C2=O)ccc1C(F)(F)F. The van der Waals surface area contributed by atoms with E-state index in [9.17, 15) is 22.8 Å². The molecule has 0 saturated heterocycles. The first-order valence-electron chi connectivity index (χ1n) is 7.17. The number of ketones is 2. The lowest BCUT2D eigenvalue weighted by molar-refractivity contribution is -0.138. The summed E-state index contributed by atoms with van der Waals surface area (Å²) in [5.74, 6) is -0.729. The Morgan fingerprint density at radius 3 is 2.36 bits per heavy atom. The number of carbonyl (C=O) groups is 2. The van der Waals surface area contributed by atoms with Crippen LogP contribution in [0.2, 0.25) is 0 Å². The number of fused-ring (bicyclic) bond motifs is 1. The molecule has 0 bridgehead atoms. The molecule has 7 heteroatoms. The number of hydrogen-bond acceptors (Lipinski definition) is 4. The van der Waals surface area contributed by atoms with Gasteiger partial charge in [0.2, 0.25) is 0 Å². The quantitative estimate of drug-likeness (QED) is 0.837. The first-order chi connectivity index (χ1) is 11.8. The number of nitrogens with zero attached hydrogens (tertiary/aromatic N) is 2. The molecule has 1 aliphatic carbocycles. The smallest absolute Gasteiger partial charge is 0.289 e. The second-order valence-electron chi connectivity index (χ2n) is 5.39. The van der Waals surface area contributed by atoms with Crippen LogP contribution in [0.3, 0.4) is 0 Å². The van der Waals surface area contributed by atoms with Crippen LogP contribution in [-0.2, 0) is 12.6 Å². The summed E-state index contributed by atoms with van der Waals surface area (Å²) in [5, 5.41) is 8.89. The zero-order valence-electron chi connectivity index (χ0n) is 12.6. The highest BCUT2D eigenvalue weighted by atomic mass is 19.4. The molecular formula is C18H9F3N2O2. The van der Waals surface area contributed by atoms with Gasteiger partial charge >= 0.3 is 6.18 Å². The highest BCUT2D eigenvalue weighted by molar-refractivity contribution is 6.24. The van der Waals surface area contributed by atoms with Crippen LogP contribution < -0.4 is 0 Å². The molecule has 0 unspecified atom stereocenters. The average molecular weight is 342 g/mol. The Morgan fingerprint density at radius 2 is 1.72 bits per heavy atom. The van der Waals surface area contributed by atoms with E-state index in [1.165, 1.54) is 18.2 Å². The van der Waals surface area contributed by atoms with Gasteiger partial charge < -0.3 is 0 Å². The van der Waals surface area contributed by atoms with E-state index in [-0.39, 0.29) is 40.4 Å². The van der Waals surface area contributed by atoms with Gasteiger partial charge in [-0.1, -0.05) is 24.3 Å². The van der Waals surface area contributed by atoms with Crippen LogP contribution in [-0.4, -0.2) is 16.6 Å². The number of hydrogen-bond donors (Lipinski definition) is 0. The largest absolute Gasteiger partial charge is 0.419 e. The number of benzene rings is 1. The topological polar surface area (TPSA) is 70.8 Å². The molecule has 0 aliphatic heterocycles. The van der Waals surface area contributed by atoms with Gasteiger partial charge in [-0.05, 0) is 18.2 Å². The van der Waals surface area contributed by atoms with Crippen LogP contribution in [0.4, 0.5) is 13.2 Å². The Hall–Kier alpha value is -3.27. The Bertz CT molecular complexity index is 969. The fourth-order valence-electron chi connectivity index (χ4n) is 2.61. The third-order valence-electron chi connectivity index (χ3n) is 3.77. The summed E-state index contributed by atoms with van der Waals surface area (Å²) < 4.78 is 38.4. The third-order valence-corrected chi connectivity index (χ3v) is 3.77. The number of Topliss-reactive ketones (excluding diaryl/α,β-unsaturated/α-hetero) is 1. The van der Waals surface area contributed by atoms with Crippen LogP contribution in [0, 0.1) is 11.3 Å². The monoisotopic (exact) mass is 342 g/mol. The number of halogens is 3. The predicted octanol–water partition coefficient (Wildman–Crippen LogP) is 3.52. The summed E-state index contributed by atoms with van der Waals surface area (Å²) in [4.78, 5) is 28.2. The van der Waals surface area contributed by atoms with E-state index in [0.29, 0.717) is 0 Å². The van der Waals surface area contributed by atoms with Gasteiger partial charge in [0.15, 0.2) is 17.3 Å². The van der Waals surface area contributed by atoms with Crippen LogP contribution in [0.1, 0.15) is 37.7 Å². The maximum atomic E-state index is 12.8. The van der Waals surface area contributed by atoms with Gasteiger partial charge in [0.05, 0.1) is 5.56 Å². The summed E-state index contributed by atoms with van der Waals surface area (Å²) >= 11 is 0. The standard InChI is InChI=1S/C18H9F3N2O2/c19-18(20,21)14-6-5-11(23-15(14)9-22)7-10-8-16(24)12-3-1-2-4-13(12)17(10)25/h1-6,8H,7H2. The third kappa shape index (κ3) is 3.06. The van der Waals surface area contributed by atoms with Crippen molar-refractivity contribution < 1.29 is 22.8 Å². The van der Waals surface area contributed by atoms with E-state index in [1.807, 2.05) is 0 Å². The van der Waals surface area contributed by atoms with Gasteiger partial charge in [-0.25, -0.2) is 4.98 Å². The molecule has 124 valence electrons. The van der Waals surface area contributed by atoms with Crippen molar-refractivity contribution in [3.8, 4) is 6.07 Å². The number of nitriles is 1. The molecular weight excluding hydrogens is 333 g/mol. The van der Waals surface area contributed by atoms with E-state index in [1.54, 1.807) is 12.1 Å². The molecule has 0 radical (unpaired) electrons. The molecule has 0 amide bonds. The van der Waals surface area contributed by atoms with E-state index < -0.39 is 17.4 Å². The zero-order chi connectivity index (χ0) is 18.2. The van der Waals surface area contributed by atoms with Gasteiger partial charge in [0.1, 0.15) is 6.07 Å². The minimum absolute atomic E-state index is 0.108. The van der Waals surface area contributed by atoms with Crippen molar-refractivity contribution in [2.75, 3.05) is 0 Å². The van der Waals surface area contributed by atoms with Gasteiger partial charge in [0, 0.05) is 28.8 Å². The van der Waals surface area contributed by atoms with Crippen LogP contribution in [0.25, 0.3) is 0 Å². The molecule has 2 aromatic rings. The molecule has 0 fully saturated rings. The van der Waals surface area contributed by atoms with E-state index in [4.69, 9.17) is 5.26 Å². The van der Waals surface area contributed by atoms with Gasteiger partial charge in [-0.15, -0.1) is 0 Å². The summed E-state index contributed by atoms with van der Waals surface area (Å²) in [7, 11) is 0. The van der Waals surface area contributed by atoms with Gasteiger partial charge in [-0.3, -0.25) is 9.59 Å². The normalized spacial score (nSPS) is 13.9. The minimum Gasteiger partial charge on any atom is -0.289 e. The van der Waals surface area contributed by atoms with E-state index >= 15 is 0 Å². The van der Waals surface area contributed by atoms with Crippen LogP contribution >= 0.6 is 0 Å². The number of carbonyl (C=O) groups excluding carboxylic acids is 2. The van der Waals surface area contributed by atoms with Gasteiger partial charge in [0.25, 0.3) is 0 Å². The molecule has 0 spiro atoms. The summed E-state index contributed by atoms with van der Waals surface area (Å²) in [5.41, 5.74) is -1.13. The Labute approximate surface area is 140 Å². The lowest BCUT2D eigenvalue weighted by Crippen LogP contribution is -2.19. The summed E-state index contributed by atoms with van der Waals surface area (Å²) in [6.45, 7) is 0. The molecule has 1 aliphatic rings. The molecule has 0 atom stereocenters. The van der Waals surface area contributed by atoms with Crippen LogP contribution in [0.15, 0.2) is 48.0 Å². The zero-order valence-corrected chi connectivity index (χ0v) is 12.6. The lowest BCUT2D eigenvalue weighted by atomic mass is 9.87. The van der Waals surface area contributed by atoms with E-state index in [0.717, 1.165) is 18.2 Å². The Balaban J connectivity index is 1.95.